The summed E-state index contributed by atoms with van der Waals surface area (Å²) in [6.45, 7) is 7.58. The van der Waals surface area contributed by atoms with Crippen LogP contribution in [-0.4, -0.2) is 23.6 Å². The molecule has 1 N–H and O–H groups in total. The van der Waals surface area contributed by atoms with Crippen LogP contribution >= 0.6 is 0 Å². The smallest absolute Gasteiger partial charge is 0.132 e. The minimum absolute atomic E-state index is 0.624. The van der Waals surface area contributed by atoms with E-state index in [1.54, 1.807) is 0 Å². The highest BCUT2D eigenvalue weighted by Crippen LogP contribution is 2.45. The van der Waals surface area contributed by atoms with Crippen molar-refractivity contribution in [1.82, 2.24) is 15.3 Å². The number of nitrogens with one attached hydrogen (secondary N) is 1. The molecule has 0 amide bonds. The summed E-state index contributed by atoms with van der Waals surface area (Å²) < 4.78 is 0. The monoisotopic (exact) mass is 233 g/mol. The molecule has 1 saturated carbocycles. The van der Waals surface area contributed by atoms with Crippen LogP contribution in [0.1, 0.15) is 48.5 Å². The first-order chi connectivity index (χ1) is 8.13. The van der Waals surface area contributed by atoms with E-state index in [1.165, 1.54) is 23.4 Å². The van der Waals surface area contributed by atoms with Crippen molar-refractivity contribution in [3.05, 3.63) is 22.8 Å². The second-order valence-electron chi connectivity index (χ2n) is 5.26. The average molecular weight is 233 g/mol. The van der Waals surface area contributed by atoms with Gasteiger partial charge in [0.1, 0.15) is 5.82 Å². The first kappa shape index (κ1) is 12.5. The zero-order valence-corrected chi connectivity index (χ0v) is 11.4. The summed E-state index contributed by atoms with van der Waals surface area (Å²) in [5.41, 5.74) is 3.71. The summed E-state index contributed by atoms with van der Waals surface area (Å²) in [5.74, 6) is 2.48. The molecule has 2 atom stereocenters. The molecule has 0 saturated heterocycles. The molecule has 2 unspecified atom stereocenters. The second-order valence-corrected chi connectivity index (χ2v) is 5.26. The zero-order chi connectivity index (χ0) is 12.4. The summed E-state index contributed by atoms with van der Waals surface area (Å²) in [6, 6.07) is 0. The second kappa shape index (κ2) is 5.13. The van der Waals surface area contributed by atoms with Crippen LogP contribution in [0.2, 0.25) is 0 Å². The standard InChI is InChI=1S/C14H23N3/c1-9-8-13(9)14-16-10(2)12(11(3)17-14)6-5-7-15-4/h9,13,15H,5-8H2,1-4H3. The molecule has 0 bridgehead atoms. The Morgan fingerprint density at radius 2 is 1.82 bits per heavy atom. The van der Waals surface area contributed by atoms with Gasteiger partial charge in [-0.05, 0) is 58.2 Å². The Morgan fingerprint density at radius 3 is 2.29 bits per heavy atom. The SMILES string of the molecule is CNCCCc1c(C)nc(C2CC2C)nc1C. The summed E-state index contributed by atoms with van der Waals surface area (Å²) in [6.07, 6.45) is 3.50. The van der Waals surface area contributed by atoms with Crippen LogP contribution in [0.25, 0.3) is 0 Å². The Bertz CT molecular complexity index is 377. The van der Waals surface area contributed by atoms with Crippen LogP contribution in [0.3, 0.4) is 0 Å². The molecule has 17 heavy (non-hydrogen) atoms. The van der Waals surface area contributed by atoms with Crippen LogP contribution in [0.5, 0.6) is 0 Å². The van der Waals surface area contributed by atoms with E-state index in [0.29, 0.717) is 5.92 Å². The van der Waals surface area contributed by atoms with Gasteiger partial charge in [-0.15, -0.1) is 0 Å². The topological polar surface area (TPSA) is 37.8 Å². The summed E-state index contributed by atoms with van der Waals surface area (Å²) in [7, 11) is 1.99. The van der Waals surface area contributed by atoms with Crippen molar-refractivity contribution in [2.45, 2.75) is 46.0 Å². The van der Waals surface area contributed by atoms with E-state index < -0.39 is 0 Å². The highest BCUT2D eigenvalue weighted by Gasteiger charge is 2.36. The number of nitrogens with zero attached hydrogens (tertiary/aromatic N) is 2. The van der Waals surface area contributed by atoms with Gasteiger partial charge in [-0.3, -0.25) is 0 Å². The summed E-state index contributed by atoms with van der Waals surface area (Å²) in [4.78, 5) is 9.39. The van der Waals surface area contributed by atoms with Crippen molar-refractivity contribution >= 4 is 0 Å². The van der Waals surface area contributed by atoms with Gasteiger partial charge in [-0.2, -0.15) is 0 Å². The van der Waals surface area contributed by atoms with Gasteiger partial charge in [0, 0.05) is 17.3 Å². The van der Waals surface area contributed by atoms with Crippen molar-refractivity contribution in [1.29, 1.82) is 0 Å². The minimum atomic E-state index is 0.624. The lowest BCUT2D eigenvalue weighted by atomic mass is 10.1. The van der Waals surface area contributed by atoms with E-state index in [9.17, 15) is 0 Å². The fourth-order valence-corrected chi connectivity index (χ4v) is 2.42. The van der Waals surface area contributed by atoms with Crippen molar-refractivity contribution in [2.24, 2.45) is 5.92 Å². The molecule has 0 aromatic carbocycles. The van der Waals surface area contributed by atoms with E-state index >= 15 is 0 Å². The molecule has 2 rings (SSSR count). The Balaban J connectivity index is 2.11. The maximum atomic E-state index is 4.69. The van der Waals surface area contributed by atoms with Crippen molar-refractivity contribution in [2.75, 3.05) is 13.6 Å². The van der Waals surface area contributed by atoms with Gasteiger partial charge in [0.2, 0.25) is 0 Å². The van der Waals surface area contributed by atoms with Crippen LogP contribution in [0.15, 0.2) is 0 Å². The first-order valence-electron chi connectivity index (χ1n) is 6.62. The molecule has 1 heterocycles. The molecule has 1 fully saturated rings. The predicted octanol–water partition coefficient (Wildman–Crippen LogP) is 2.37. The molecule has 0 spiro atoms. The van der Waals surface area contributed by atoms with Gasteiger partial charge >= 0.3 is 0 Å². The van der Waals surface area contributed by atoms with Gasteiger partial charge in [0.15, 0.2) is 0 Å². The average Bonchev–Trinajstić information content (AvgIpc) is 2.99. The predicted molar refractivity (Wildman–Crippen MR) is 70.3 cm³/mol. The van der Waals surface area contributed by atoms with Gasteiger partial charge in [-0.1, -0.05) is 6.92 Å². The van der Waals surface area contributed by atoms with E-state index in [1.807, 2.05) is 7.05 Å². The quantitative estimate of drug-likeness (QED) is 0.793. The third-order valence-corrected chi connectivity index (χ3v) is 3.73. The van der Waals surface area contributed by atoms with Crippen LogP contribution in [0.4, 0.5) is 0 Å². The lowest BCUT2D eigenvalue weighted by Gasteiger charge is -2.10. The molecule has 3 heteroatoms. The van der Waals surface area contributed by atoms with Gasteiger partial charge in [0.05, 0.1) is 0 Å². The van der Waals surface area contributed by atoms with E-state index in [-0.39, 0.29) is 0 Å². The molecule has 0 radical (unpaired) electrons. The number of hydrogen-bond acceptors (Lipinski definition) is 3. The lowest BCUT2D eigenvalue weighted by molar-refractivity contribution is 0.709. The zero-order valence-electron chi connectivity index (χ0n) is 11.4. The Morgan fingerprint density at radius 1 is 1.24 bits per heavy atom. The Hall–Kier alpha value is -0.960. The van der Waals surface area contributed by atoms with Gasteiger partial charge < -0.3 is 5.32 Å². The van der Waals surface area contributed by atoms with Crippen LogP contribution in [0, 0.1) is 19.8 Å². The van der Waals surface area contributed by atoms with E-state index in [2.05, 4.69) is 26.1 Å². The van der Waals surface area contributed by atoms with Crippen molar-refractivity contribution < 1.29 is 0 Å². The van der Waals surface area contributed by atoms with Crippen molar-refractivity contribution in [3.63, 3.8) is 0 Å². The Kier molecular flexibility index (Phi) is 3.77. The van der Waals surface area contributed by atoms with Gasteiger partial charge in [-0.25, -0.2) is 9.97 Å². The molecule has 0 aliphatic heterocycles. The van der Waals surface area contributed by atoms with E-state index in [0.717, 1.165) is 31.1 Å². The highest BCUT2D eigenvalue weighted by atomic mass is 14.9. The number of rotatable bonds is 5. The third-order valence-electron chi connectivity index (χ3n) is 3.73. The fraction of sp³-hybridized carbons (Fsp3) is 0.714. The molecule has 3 nitrogen and oxygen atoms in total. The van der Waals surface area contributed by atoms with Crippen LogP contribution < -0.4 is 5.32 Å². The van der Waals surface area contributed by atoms with Crippen molar-refractivity contribution in [3.8, 4) is 0 Å². The number of aryl methyl sites for hydroxylation is 2. The molecule has 1 aromatic rings. The summed E-state index contributed by atoms with van der Waals surface area (Å²) >= 11 is 0. The minimum Gasteiger partial charge on any atom is -0.320 e. The molecule has 94 valence electrons. The van der Waals surface area contributed by atoms with Crippen LogP contribution in [-0.2, 0) is 6.42 Å². The van der Waals surface area contributed by atoms with Gasteiger partial charge in [0.25, 0.3) is 0 Å². The third kappa shape index (κ3) is 2.83. The molecular formula is C14H23N3. The lowest BCUT2D eigenvalue weighted by Crippen LogP contribution is -2.11. The van der Waals surface area contributed by atoms with E-state index in [4.69, 9.17) is 9.97 Å². The fourth-order valence-electron chi connectivity index (χ4n) is 2.42. The number of aromatic nitrogens is 2. The highest BCUT2D eigenvalue weighted by molar-refractivity contribution is 5.26. The maximum absolute atomic E-state index is 4.69. The maximum Gasteiger partial charge on any atom is 0.132 e. The molecule has 1 aromatic heterocycles. The Labute approximate surface area is 104 Å². The molecule has 1 aliphatic carbocycles. The molecular weight excluding hydrogens is 210 g/mol. The summed E-state index contributed by atoms with van der Waals surface area (Å²) in [5, 5.41) is 3.18. The molecule has 1 aliphatic rings. The first-order valence-corrected chi connectivity index (χ1v) is 6.62. The normalized spacial score (nSPS) is 22.8. The largest absolute Gasteiger partial charge is 0.320 e. The number of hydrogen-bond donors (Lipinski definition) is 1.